The second-order valence-electron chi connectivity index (χ2n) is 4.71. The molecular weight excluding hydrogens is 252 g/mol. The summed E-state index contributed by atoms with van der Waals surface area (Å²) in [6.07, 6.45) is 9.78. The first kappa shape index (κ1) is 15.9. The molecule has 1 aromatic rings. The van der Waals surface area contributed by atoms with E-state index >= 15 is 0 Å². The van der Waals surface area contributed by atoms with Crippen LogP contribution in [0, 0.1) is 17.8 Å². The minimum atomic E-state index is 0.353. The Hall–Kier alpha value is -1.19. The molecule has 1 rings (SSSR count). The largest absolute Gasteiger partial charge is 0.127 e. The van der Waals surface area contributed by atoms with E-state index in [1.54, 1.807) is 0 Å². The number of rotatable bonds is 7. The van der Waals surface area contributed by atoms with Crippen molar-refractivity contribution in [2.45, 2.75) is 39.0 Å². The average molecular weight is 275 g/mol. The van der Waals surface area contributed by atoms with Crippen LogP contribution < -0.4 is 0 Å². The lowest BCUT2D eigenvalue weighted by Crippen LogP contribution is -1.85. The van der Waals surface area contributed by atoms with Crippen LogP contribution >= 0.6 is 11.6 Å². The van der Waals surface area contributed by atoms with Gasteiger partial charge in [0.1, 0.15) is 0 Å². The molecule has 0 amide bonds. The van der Waals surface area contributed by atoms with Gasteiger partial charge in [-0.15, -0.1) is 17.5 Å². The Bertz CT molecular complexity index is 408. The molecule has 0 saturated carbocycles. The van der Waals surface area contributed by atoms with Gasteiger partial charge >= 0.3 is 0 Å². The SMILES string of the molecule is CC(C#CCCCCCl)/C=C/CCc1ccccc1. The van der Waals surface area contributed by atoms with Crippen molar-refractivity contribution in [3.63, 3.8) is 0 Å². The normalized spacial score (nSPS) is 12.1. The van der Waals surface area contributed by atoms with Crippen molar-refractivity contribution in [2.75, 3.05) is 5.88 Å². The zero-order valence-corrected chi connectivity index (χ0v) is 12.5. The number of hydrogen-bond acceptors (Lipinski definition) is 0. The topological polar surface area (TPSA) is 0 Å². The number of alkyl halides is 1. The van der Waals surface area contributed by atoms with E-state index < -0.39 is 0 Å². The van der Waals surface area contributed by atoms with Crippen molar-refractivity contribution in [2.24, 2.45) is 5.92 Å². The molecule has 102 valence electrons. The smallest absolute Gasteiger partial charge is 0.0354 e. The molecule has 1 aromatic carbocycles. The molecule has 0 heterocycles. The number of hydrogen-bond donors (Lipinski definition) is 0. The number of halogens is 1. The molecule has 0 spiro atoms. The van der Waals surface area contributed by atoms with E-state index in [0.29, 0.717) is 5.92 Å². The van der Waals surface area contributed by atoms with Crippen molar-refractivity contribution in [1.29, 1.82) is 0 Å². The second kappa shape index (κ2) is 10.7. The van der Waals surface area contributed by atoms with Crippen molar-refractivity contribution >= 4 is 11.6 Å². The lowest BCUT2D eigenvalue weighted by atomic mass is 10.1. The van der Waals surface area contributed by atoms with Crippen LogP contribution in [0.4, 0.5) is 0 Å². The van der Waals surface area contributed by atoms with Crippen LogP contribution in [-0.2, 0) is 6.42 Å². The minimum Gasteiger partial charge on any atom is -0.127 e. The van der Waals surface area contributed by atoms with Crippen LogP contribution in [0.15, 0.2) is 42.5 Å². The van der Waals surface area contributed by atoms with E-state index in [4.69, 9.17) is 11.6 Å². The maximum absolute atomic E-state index is 5.62. The monoisotopic (exact) mass is 274 g/mol. The Labute approximate surface area is 122 Å². The summed E-state index contributed by atoms with van der Waals surface area (Å²) >= 11 is 5.62. The summed E-state index contributed by atoms with van der Waals surface area (Å²) in [5, 5.41) is 0. The highest BCUT2D eigenvalue weighted by molar-refractivity contribution is 6.17. The van der Waals surface area contributed by atoms with Gasteiger partial charge in [-0.3, -0.25) is 0 Å². The Balaban J connectivity index is 2.17. The average Bonchev–Trinajstić information content (AvgIpc) is 2.44. The van der Waals surface area contributed by atoms with Gasteiger partial charge < -0.3 is 0 Å². The summed E-state index contributed by atoms with van der Waals surface area (Å²) in [4.78, 5) is 0. The van der Waals surface area contributed by atoms with Gasteiger partial charge in [0.15, 0.2) is 0 Å². The Kier molecular flexibility index (Phi) is 8.94. The lowest BCUT2D eigenvalue weighted by molar-refractivity contribution is 0.830. The predicted molar refractivity (Wildman–Crippen MR) is 85.4 cm³/mol. The molecule has 0 aromatic heterocycles. The number of unbranched alkanes of at least 4 members (excludes halogenated alkanes) is 2. The summed E-state index contributed by atoms with van der Waals surface area (Å²) in [7, 11) is 0. The Morgan fingerprint density at radius 1 is 1.21 bits per heavy atom. The highest BCUT2D eigenvalue weighted by atomic mass is 35.5. The number of aryl methyl sites for hydroxylation is 1. The number of benzene rings is 1. The number of allylic oxidation sites excluding steroid dienone is 2. The van der Waals surface area contributed by atoms with Gasteiger partial charge in [-0.2, -0.15) is 0 Å². The van der Waals surface area contributed by atoms with Crippen LogP contribution in [0.25, 0.3) is 0 Å². The third-order valence-corrected chi connectivity index (χ3v) is 3.15. The van der Waals surface area contributed by atoms with Crippen molar-refractivity contribution in [3.05, 3.63) is 48.0 Å². The molecule has 0 radical (unpaired) electrons. The predicted octanol–water partition coefficient (Wildman–Crippen LogP) is 5.22. The van der Waals surface area contributed by atoms with Crippen LogP contribution in [0.3, 0.4) is 0 Å². The van der Waals surface area contributed by atoms with E-state index in [1.165, 1.54) is 5.56 Å². The lowest BCUT2D eigenvalue weighted by Gasteiger charge is -1.98. The third-order valence-electron chi connectivity index (χ3n) is 2.88. The summed E-state index contributed by atoms with van der Waals surface area (Å²) < 4.78 is 0. The highest BCUT2D eigenvalue weighted by Crippen LogP contribution is 2.04. The molecule has 0 saturated heterocycles. The van der Waals surface area contributed by atoms with E-state index in [0.717, 1.165) is 38.0 Å². The van der Waals surface area contributed by atoms with E-state index in [9.17, 15) is 0 Å². The first-order valence-corrected chi connectivity index (χ1v) is 7.61. The molecule has 0 fully saturated rings. The summed E-state index contributed by atoms with van der Waals surface area (Å²) in [5.74, 6) is 7.58. The molecule has 0 bridgehead atoms. The summed E-state index contributed by atoms with van der Waals surface area (Å²) in [6.45, 7) is 2.15. The molecule has 0 nitrogen and oxygen atoms in total. The van der Waals surface area contributed by atoms with Gasteiger partial charge in [-0.05, 0) is 38.2 Å². The molecule has 0 aliphatic heterocycles. The van der Waals surface area contributed by atoms with Crippen molar-refractivity contribution in [3.8, 4) is 11.8 Å². The maximum Gasteiger partial charge on any atom is 0.0354 e. The van der Waals surface area contributed by atoms with Gasteiger partial charge in [0.05, 0.1) is 0 Å². The van der Waals surface area contributed by atoms with Crippen LogP contribution in [-0.4, -0.2) is 5.88 Å². The molecule has 0 aliphatic carbocycles. The standard InChI is InChI=1S/C18H23Cl/c1-17(11-5-2-3-10-16-19)12-8-9-15-18-13-6-4-7-14-18/h4,6-8,12-14,17H,2-3,9-10,15-16H2,1H3/b12-8+. The van der Waals surface area contributed by atoms with Gasteiger partial charge in [0.2, 0.25) is 0 Å². The third kappa shape index (κ3) is 8.51. The van der Waals surface area contributed by atoms with Gasteiger partial charge in [0, 0.05) is 18.2 Å². The van der Waals surface area contributed by atoms with Crippen molar-refractivity contribution in [1.82, 2.24) is 0 Å². The molecule has 0 aliphatic rings. The summed E-state index contributed by atoms with van der Waals surface area (Å²) in [5.41, 5.74) is 1.40. The first-order valence-electron chi connectivity index (χ1n) is 7.08. The fourth-order valence-electron chi connectivity index (χ4n) is 1.78. The van der Waals surface area contributed by atoms with Gasteiger partial charge in [-0.25, -0.2) is 0 Å². The molecule has 1 unspecified atom stereocenters. The maximum atomic E-state index is 5.62. The first-order chi connectivity index (χ1) is 9.33. The molecule has 0 N–H and O–H groups in total. The minimum absolute atomic E-state index is 0.353. The zero-order chi connectivity index (χ0) is 13.8. The van der Waals surface area contributed by atoms with Gasteiger partial charge in [-0.1, -0.05) is 48.4 Å². The molecule has 19 heavy (non-hydrogen) atoms. The van der Waals surface area contributed by atoms with E-state index in [1.807, 2.05) is 0 Å². The fraction of sp³-hybridized carbons (Fsp3) is 0.444. The molecule has 1 atom stereocenters. The molecule has 1 heteroatoms. The Morgan fingerprint density at radius 2 is 2.00 bits per heavy atom. The highest BCUT2D eigenvalue weighted by Gasteiger charge is 1.91. The van der Waals surface area contributed by atoms with E-state index in [-0.39, 0.29) is 0 Å². The van der Waals surface area contributed by atoms with Gasteiger partial charge in [0.25, 0.3) is 0 Å². The zero-order valence-electron chi connectivity index (χ0n) is 11.7. The van der Waals surface area contributed by atoms with Crippen LogP contribution in [0.5, 0.6) is 0 Å². The van der Waals surface area contributed by atoms with E-state index in [2.05, 4.69) is 61.2 Å². The van der Waals surface area contributed by atoms with Crippen LogP contribution in [0.2, 0.25) is 0 Å². The Morgan fingerprint density at radius 3 is 2.74 bits per heavy atom. The molecular formula is C18H23Cl. The van der Waals surface area contributed by atoms with Crippen LogP contribution in [0.1, 0.15) is 38.2 Å². The van der Waals surface area contributed by atoms with Crippen molar-refractivity contribution < 1.29 is 0 Å². The summed E-state index contributed by atoms with van der Waals surface area (Å²) in [6, 6.07) is 10.6. The fourth-order valence-corrected chi connectivity index (χ4v) is 1.97. The quantitative estimate of drug-likeness (QED) is 0.277. The second-order valence-corrected chi connectivity index (χ2v) is 5.09.